The second-order valence-corrected chi connectivity index (χ2v) is 7.10. The monoisotopic (exact) mass is 330 g/mol. The molecule has 2 unspecified atom stereocenters. The van der Waals surface area contributed by atoms with Gasteiger partial charge in [-0.15, -0.1) is 0 Å². The molecular formula is C13H15BrO3S. The summed E-state index contributed by atoms with van der Waals surface area (Å²) in [7, 11) is -3.36. The molecule has 1 aliphatic rings. The minimum Gasteiger partial charge on any atom is -0.267 e. The Morgan fingerprint density at radius 3 is 2.56 bits per heavy atom. The molecule has 3 nitrogen and oxygen atoms in total. The third kappa shape index (κ3) is 3.93. The second-order valence-electron chi connectivity index (χ2n) is 4.59. The normalized spacial score (nSPS) is 23.1. The first-order valence-corrected chi connectivity index (χ1v) is 8.30. The van der Waals surface area contributed by atoms with Gasteiger partial charge in [-0.05, 0) is 31.0 Å². The first kappa shape index (κ1) is 13.8. The molecule has 0 N–H and O–H groups in total. The highest BCUT2D eigenvalue weighted by Gasteiger charge is 2.36. The third-order valence-electron chi connectivity index (χ3n) is 2.89. The molecule has 1 fully saturated rings. The van der Waals surface area contributed by atoms with Gasteiger partial charge in [0.2, 0.25) is 0 Å². The fraction of sp³-hybridized carbons (Fsp3) is 0.385. The summed E-state index contributed by atoms with van der Waals surface area (Å²) in [6.07, 6.45) is 3.82. The predicted octanol–water partition coefficient (Wildman–Crippen LogP) is 3.22. The smallest absolute Gasteiger partial charge is 0.264 e. The van der Waals surface area contributed by atoms with E-state index >= 15 is 0 Å². The van der Waals surface area contributed by atoms with Gasteiger partial charge in [-0.3, -0.25) is 4.18 Å². The summed E-state index contributed by atoms with van der Waals surface area (Å²) in [6, 6.07) is 8.02. The molecule has 0 saturated heterocycles. The lowest BCUT2D eigenvalue weighted by Crippen LogP contribution is -2.15. The number of benzene rings is 1. The molecule has 0 spiro atoms. The number of halogens is 1. The molecule has 5 heteroatoms. The van der Waals surface area contributed by atoms with Crippen molar-refractivity contribution < 1.29 is 12.6 Å². The number of rotatable bonds is 4. The van der Waals surface area contributed by atoms with Crippen molar-refractivity contribution in [2.45, 2.75) is 19.4 Å². The maximum absolute atomic E-state index is 11.0. The van der Waals surface area contributed by atoms with Crippen LogP contribution in [-0.4, -0.2) is 20.8 Å². The van der Waals surface area contributed by atoms with Crippen molar-refractivity contribution in [3.05, 3.63) is 39.9 Å². The van der Waals surface area contributed by atoms with Gasteiger partial charge in [0.1, 0.15) is 0 Å². The minimum atomic E-state index is -3.36. The summed E-state index contributed by atoms with van der Waals surface area (Å²) in [4.78, 5) is 0. The summed E-state index contributed by atoms with van der Waals surface area (Å²) in [5, 5.41) is 0. The molecule has 18 heavy (non-hydrogen) atoms. The van der Waals surface area contributed by atoms with Gasteiger partial charge in [0.25, 0.3) is 10.1 Å². The van der Waals surface area contributed by atoms with Crippen LogP contribution in [0.1, 0.15) is 18.9 Å². The molecule has 1 aromatic carbocycles. The van der Waals surface area contributed by atoms with Crippen LogP contribution in [0.4, 0.5) is 0 Å². The van der Waals surface area contributed by atoms with Crippen molar-refractivity contribution in [3.63, 3.8) is 0 Å². The zero-order valence-electron chi connectivity index (χ0n) is 10.3. The molecule has 1 aromatic rings. The zero-order chi connectivity index (χ0) is 13.3. The van der Waals surface area contributed by atoms with E-state index in [9.17, 15) is 8.42 Å². The molecule has 0 bridgehead atoms. The Bertz CT molecular complexity index is 560. The van der Waals surface area contributed by atoms with Gasteiger partial charge in [0.05, 0.1) is 12.4 Å². The van der Waals surface area contributed by atoms with Crippen LogP contribution in [0.2, 0.25) is 0 Å². The van der Waals surface area contributed by atoms with Crippen LogP contribution >= 0.6 is 15.9 Å². The van der Waals surface area contributed by atoms with Gasteiger partial charge in [-0.25, -0.2) is 0 Å². The Morgan fingerprint density at radius 2 is 2.00 bits per heavy atom. The average molecular weight is 331 g/mol. The zero-order valence-corrected chi connectivity index (χ0v) is 12.7. The highest BCUT2D eigenvalue weighted by molar-refractivity contribution is 9.10. The van der Waals surface area contributed by atoms with Crippen LogP contribution in [-0.2, 0) is 14.3 Å². The standard InChI is InChI=1S/C13H15BrO3S/c1-9(17-18(2,15)16)13-8-11(13)7-10-3-5-12(14)6-4-10/h3-7,9,13H,8H2,1-2H3/b11-7+. The molecule has 0 radical (unpaired) electrons. The van der Waals surface area contributed by atoms with Crippen molar-refractivity contribution in [2.24, 2.45) is 5.92 Å². The van der Waals surface area contributed by atoms with Gasteiger partial charge in [0.15, 0.2) is 0 Å². The van der Waals surface area contributed by atoms with Gasteiger partial charge < -0.3 is 0 Å². The van der Waals surface area contributed by atoms with Gasteiger partial charge in [0, 0.05) is 10.4 Å². The van der Waals surface area contributed by atoms with Crippen molar-refractivity contribution in [1.29, 1.82) is 0 Å². The van der Waals surface area contributed by atoms with E-state index in [2.05, 4.69) is 22.0 Å². The molecule has 0 heterocycles. The molecular weight excluding hydrogens is 316 g/mol. The SMILES string of the molecule is CC(OS(C)(=O)=O)C1C/C1=C\c1ccc(Br)cc1. The van der Waals surface area contributed by atoms with E-state index in [0.29, 0.717) is 0 Å². The van der Waals surface area contributed by atoms with Crippen molar-refractivity contribution >= 4 is 32.1 Å². The Labute approximate surface area is 116 Å². The van der Waals surface area contributed by atoms with Gasteiger partial charge in [-0.2, -0.15) is 8.42 Å². The molecule has 1 aliphatic carbocycles. The number of hydrogen-bond acceptors (Lipinski definition) is 3. The lowest BCUT2D eigenvalue weighted by Gasteiger charge is -2.08. The van der Waals surface area contributed by atoms with Crippen LogP contribution in [0.15, 0.2) is 34.3 Å². The van der Waals surface area contributed by atoms with E-state index < -0.39 is 10.1 Å². The van der Waals surface area contributed by atoms with Crippen LogP contribution in [0.5, 0.6) is 0 Å². The molecule has 98 valence electrons. The van der Waals surface area contributed by atoms with Gasteiger partial charge >= 0.3 is 0 Å². The number of hydrogen-bond donors (Lipinski definition) is 0. The maximum Gasteiger partial charge on any atom is 0.264 e. The van der Waals surface area contributed by atoms with Crippen LogP contribution < -0.4 is 0 Å². The Hall–Kier alpha value is -0.650. The Morgan fingerprint density at radius 1 is 1.39 bits per heavy atom. The van der Waals surface area contributed by atoms with Crippen molar-refractivity contribution in [1.82, 2.24) is 0 Å². The third-order valence-corrected chi connectivity index (χ3v) is 4.07. The molecule has 0 aliphatic heterocycles. The lowest BCUT2D eigenvalue weighted by molar-refractivity contribution is 0.212. The lowest BCUT2D eigenvalue weighted by atomic mass is 10.2. The first-order valence-electron chi connectivity index (χ1n) is 5.69. The summed E-state index contributed by atoms with van der Waals surface area (Å²) in [6.45, 7) is 1.80. The predicted molar refractivity (Wildman–Crippen MR) is 75.6 cm³/mol. The first-order chi connectivity index (χ1) is 8.35. The van der Waals surface area contributed by atoms with E-state index in [4.69, 9.17) is 4.18 Å². The fourth-order valence-electron chi connectivity index (χ4n) is 1.94. The van der Waals surface area contributed by atoms with Crippen LogP contribution in [0, 0.1) is 5.92 Å². The highest BCUT2D eigenvalue weighted by atomic mass is 79.9. The quantitative estimate of drug-likeness (QED) is 0.796. The fourth-order valence-corrected chi connectivity index (χ4v) is 2.89. The van der Waals surface area contributed by atoms with Crippen LogP contribution in [0.25, 0.3) is 6.08 Å². The summed E-state index contributed by atoms with van der Waals surface area (Å²) in [5.41, 5.74) is 2.37. The van der Waals surface area contributed by atoms with E-state index in [0.717, 1.165) is 22.7 Å². The second kappa shape index (κ2) is 5.15. The highest BCUT2D eigenvalue weighted by Crippen LogP contribution is 2.43. The largest absolute Gasteiger partial charge is 0.267 e. The summed E-state index contributed by atoms with van der Waals surface area (Å²) in [5.74, 6) is 0.225. The van der Waals surface area contributed by atoms with Crippen LogP contribution in [0.3, 0.4) is 0 Å². The minimum absolute atomic E-state index is 0.225. The molecule has 0 aromatic heterocycles. The van der Waals surface area contributed by atoms with E-state index in [1.165, 1.54) is 5.57 Å². The average Bonchev–Trinajstić information content (AvgIpc) is 2.98. The van der Waals surface area contributed by atoms with Crippen molar-refractivity contribution in [3.8, 4) is 0 Å². The summed E-state index contributed by atoms with van der Waals surface area (Å²) < 4.78 is 28.1. The molecule has 0 amide bonds. The van der Waals surface area contributed by atoms with Gasteiger partial charge in [-0.1, -0.05) is 39.7 Å². The van der Waals surface area contributed by atoms with E-state index in [1.54, 1.807) is 6.92 Å². The Balaban J connectivity index is 2.00. The van der Waals surface area contributed by atoms with E-state index in [1.807, 2.05) is 24.3 Å². The molecule has 2 atom stereocenters. The molecule has 1 saturated carbocycles. The summed E-state index contributed by atoms with van der Waals surface area (Å²) >= 11 is 3.39. The van der Waals surface area contributed by atoms with E-state index in [-0.39, 0.29) is 12.0 Å². The molecule has 2 rings (SSSR count). The Kier molecular flexibility index (Phi) is 3.94. The van der Waals surface area contributed by atoms with Crippen molar-refractivity contribution in [2.75, 3.05) is 6.26 Å². The topological polar surface area (TPSA) is 43.4 Å². The maximum atomic E-state index is 11.0.